The lowest BCUT2D eigenvalue weighted by Crippen LogP contribution is -2.29. The van der Waals surface area contributed by atoms with E-state index < -0.39 is 37.2 Å². The highest BCUT2D eigenvalue weighted by molar-refractivity contribution is 6.31. The number of anilines is 1. The Morgan fingerprint density at radius 3 is 2.77 bits per heavy atom. The summed E-state index contributed by atoms with van der Waals surface area (Å²) in [5, 5.41) is 9.14. The molecule has 162 valence electrons. The molecule has 2 amide bonds. The Bertz CT molecular complexity index is 913. The Balaban J connectivity index is 1.80. The zero-order chi connectivity index (χ0) is 21.7. The Labute approximate surface area is 174 Å². The number of pyridine rings is 1. The predicted octanol–water partition coefficient (Wildman–Crippen LogP) is 3.57. The molecule has 1 atom stereocenters. The number of carbonyl (C=O) groups excluding carboxylic acids is 2. The van der Waals surface area contributed by atoms with Crippen LogP contribution in [0.25, 0.3) is 0 Å². The van der Waals surface area contributed by atoms with Crippen molar-refractivity contribution in [3.8, 4) is 0 Å². The van der Waals surface area contributed by atoms with Crippen LogP contribution in [0.15, 0.2) is 24.5 Å². The van der Waals surface area contributed by atoms with Gasteiger partial charge in [-0.25, -0.2) is 4.68 Å². The van der Waals surface area contributed by atoms with Gasteiger partial charge in [-0.2, -0.15) is 18.3 Å². The van der Waals surface area contributed by atoms with Crippen LogP contribution in [0, 0.1) is 0 Å². The van der Waals surface area contributed by atoms with Crippen LogP contribution in [0.4, 0.5) is 18.9 Å². The maximum atomic E-state index is 12.5. The Morgan fingerprint density at radius 2 is 2.10 bits per heavy atom. The van der Waals surface area contributed by atoms with E-state index in [4.69, 9.17) is 16.3 Å². The SMILES string of the molecule is O=C(Nc1cn(C2CCCCO2)nc1C(=O)NCCC(F)(F)F)c1cc(Cl)ccn1. The average Bonchev–Trinajstić information content (AvgIpc) is 3.11. The van der Waals surface area contributed by atoms with Crippen LogP contribution in [-0.4, -0.2) is 45.9 Å². The Kier molecular flexibility index (Phi) is 6.93. The summed E-state index contributed by atoms with van der Waals surface area (Å²) in [5.41, 5.74) is -0.185. The fourth-order valence-electron chi connectivity index (χ4n) is 2.85. The molecule has 0 saturated carbocycles. The largest absolute Gasteiger partial charge is 0.390 e. The lowest BCUT2D eigenvalue weighted by atomic mass is 10.2. The first kappa shape index (κ1) is 22.0. The van der Waals surface area contributed by atoms with Crippen LogP contribution < -0.4 is 10.6 Å². The first-order valence-electron chi connectivity index (χ1n) is 9.21. The van der Waals surface area contributed by atoms with Gasteiger partial charge in [-0.1, -0.05) is 11.6 Å². The number of hydrogen-bond acceptors (Lipinski definition) is 5. The van der Waals surface area contributed by atoms with Gasteiger partial charge in [0, 0.05) is 24.4 Å². The third-order valence-electron chi connectivity index (χ3n) is 4.29. The zero-order valence-corrected chi connectivity index (χ0v) is 16.5. The molecule has 2 aromatic heterocycles. The van der Waals surface area contributed by atoms with Gasteiger partial charge in [0.15, 0.2) is 5.69 Å². The number of rotatable bonds is 6. The van der Waals surface area contributed by atoms with Gasteiger partial charge in [0.2, 0.25) is 0 Å². The van der Waals surface area contributed by atoms with Crippen molar-refractivity contribution in [2.75, 3.05) is 18.5 Å². The van der Waals surface area contributed by atoms with Gasteiger partial charge in [0.25, 0.3) is 11.8 Å². The highest BCUT2D eigenvalue weighted by atomic mass is 35.5. The van der Waals surface area contributed by atoms with Gasteiger partial charge in [-0.05, 0) is 31.4 Å². The maximum Gasteiger partial charge on any atom is 0.390 e. The molecule has 0 aliphatic carbocycles. The third-order valence-corrected chi connectivity index (χ3v) is 4.53. The first-order chi connectivity index (χ1) is 14.2. The molecule has 2 N–H and O–H groups in total. The molecule has 0 radical (unpaired) electrons. The predicted molar refractivity (Wildman–Crippen MR) is 101 cm³/mol. The van der Waals surface area contributed by atoms with Crippen molar-refractivity contribution in [3.05, 3.63) is 40.9 Å². The quantitative estimate of drug-likeness (QED) is 0.708. The van der Waals surface area contributed by atoms with Gasteiger partial charge < -0.3 is 15.4 Å². The van der Waals surface area contributed by atoms with E-state index in [0.717, 1.165) is 12.8 Å². The van der Waals surface area contributed by atoms with E-state index in [1.807, 2.05) is 0 Å². The topological polar surface area (TPSA) is 98.1 Å². The smallest absolute Gasteiger partial charge is 0.357 e. The van der Waals surface area contributed by atoms with Crippen molar-refractivity contribution < 1.29 is 27.5 Å². The molecule has 1 aliphatic rings. The third kappa shape index (κ3) is 5.92. The van der Waals surface area contributed by atoms with Crippen LogP contribution >= 0.6 is 11.6 Å². The Hall–Kier alpha value is -2.66. The number of alkyl halides is 3. The van der Waals surface area contributed by atoms with Crippen LogP contribution in [0.3, 0.4) is 0 Å². The summed E-state index contributed by atoms with van der Waals surface area (Å²) in [6, 6.07) is 2.84. The number of nitrogens with one attached hydrogen (secondary N) is 2. The van der Waals surface area contributed by atoms with E-state index in [1.54, 1.807) is 0 Å². The average molecular weight is 446 g/mol. The molecule has 0 bridgehead atoms. The van der Waals surface area contributed by atoms with Gasteiger partial charge in [-0.3, -0.25) is 14.6 Å². The van der Waals surface area contributed by atoms with Crippen LogP contribution in [-0.2, 0) is 4.74 Å². The molecule has 1 fully saturated rings. The fourth-order valence-corrected chi connectivity index (χ4v) is 3.01. The van der Waals surface area contributed by atoms with Crippen LogP contribution in [0.5, 0.6) is 0 Å². The monoisotopic (exact) mass is 445 g/mol. The standard InChI is InChI=1S/C18H19ClF3N5O3/c19-11-4-6-23-12(9-11)16(28)25-13-10-27(14-3-1-2-8-30-14)26-15(13)17(29)24-7-5-18(20,21)22/h4,6,9-10,14H,1-3,5,7-8H2,(H,24,29)(H,25,28). The number of hydrogen-bond donors (Lipinski definition) is 2. The van der Waals surface area contributed by atoms with Crippen molar-refractivity contribution >= 4 is 29.1 Å². The number of amides is 2. The van der Waals surface area contributed by atoms with Gasteiger partial charge in [0.05, 0.1) is 18.3 Å². The maximum absolute atomic E-state index is 12.5. The molecule has 3 heterocycles. The van der Waals surface area contributed by atoms with E-state index >= 15 is 0 Å². The lowest BCUT2D eigenvalue weighted by Gasteiger charge is -2.22. The molecule has 0 aromatic carbocycles. The van der Waals surface area contributed by atoms with Crippen molar-refractivity contribution in [2.45, 2.75) is 38.1 Å². The second-order valence-corrected chi connectivity index (χ2v) is 7.06. The summed E-state index contributed by atoms with van der Waals surface area (Å²) in [4.78, 5) is 28.8. The minimum absolute atomic E-state index is 0.00703. The first-order valence-corrected chi connectivity index (χ1v) is 9.59. The fraction of sp³-hybridized carbons (Fsp3) is 0.444. The second-order valence-electron chi connectivity index (χ2n) is 6.63. The highest BCUT2D eigenvalue weighted by Gasteiger charge is 2.28. The number of carbonyl (C=O) groups is 2. The van der Waals surface area contributed by atoms with Crippen LogP contribution in [0.1, 0.15) is 52.9 Å². The summed E-state index contributed by atoms with van der Waals surface area (Å²) in [7, 11) is 0. The number of ether oxygens (including phenoxy) is 1. The number of halogens is 4. The van der Waals surface area contributed by atoms with Crippen LogP contribution in [0.2, 0.25) is 5.02 Å². The highest BCUT2D eigenvalue weighted by Crippen LogP contribution is 2.25. The molecular weight excluding hydrogens is 427 g/mol. The molecule has 8 nitrogen and oxygen atoms in total. The lowest BCUT2D eigenvalue weighted by molar-refractivity contribution is -0.133. The van der Waals surface area contributed by atoms with E-state index in [2.05, 4.69) is 20.7 Å². The summed E-state index contributed by atoms with van der Waals surface area (Å²) in [6.07, 6.45) is -0.816. The van der Waals surface area contributed by atoms with E-state index in [0.29, 0.717) is 18.1 Å². The molecule has 1 unspecified atom stereocenters. The summed E-state index contributed by atoms with van der Waals surface area (Å²) < 4.78 is 44.1. The minimum atomic E-state index is -4.40. The minimum Gasteiger partial charge on any atom is -0.357 e. The Morgan fingerprint density at radius 1 is 1.30 bits per heavy atom. The van der Waals surface area contributed by atoms with E-state index in [1.165, 1.54) is 29.2 Å². The summed E-state index contributed by atoms with van der Waals surface area (Å²) in [6.45, 7) is -0.0931. The summed E-state index contributed by atoms with van der Waals surface area (Å²) >= 11 is 5.86. The second kappa shape index (κ2) is 9.43. The molecule has 30 heavy (non-hydrogen) atoms. The zero-order valence-electron chi connectivity index (χ0n) is 15.7. The van der Waals surface area contributed by atoms with Gasteiger partial charge >= 0.3 is 6.18 Å². The van der Waals surface area contributed by atoms with Crippen molar-refractivity contribution in [2.24, 2.45) is 0 Å². The summed E-state index contributed by atoms with van der Waals surface area (Å²) in [5.74, 6) is -1.49. The van der Waals surface area contributed by atoms with E-state index in [-0.39, 0.29) is 17.1 Å². The van der Waals surface area contributed by atoms with Crippen molar-refractivity contribution in [1.82, 2.24) is 20.1 Å². The van der Waals surface area contributed by atoms with Crippen molar-refractivity contribution in [1.29, 1.82) is 0 Å². The molecule has 12 heteroatoms. The number of aromatic nitrogens is 3. The number of nitrogens with zero attached hydrogens (tertiary/aromatic N) is 3. The molecular formula is C18H19ClF3N5O3. The molecule has 3 rings (SSSR count). The molecule has 2 aromatic rings. The molecule has 1 aliphatic heterocycles. The molecule has 0 spiro atoms. The normalized spacial score (nSPS) is 16.9. The van der Waals surface area contributed by atoms with Gasteiger partial charge in [-0.15, -0.1) is 0 Å². The van der Waals surface area contributed by atoms with Gasteiger partial charge in [0.1, 0.15) is 11.9 Å². The molecule has 1 saturated heterocycles. The van der Waals surface area contributed by atoms with E-state index in [9.17, 15) is 22.8 Å². The van der Waals surface area contributed by atoms with Crippen molar-refractivity contribution in [3.63, 3.8) is 0 Å².